The minimum absolute atomic E-state index is 0. The molecule has 0 unspecified atom stereocenters. The van der Waals surface area contributed by atoms with E-state index >= 15 is 0 Å². The van der Waals surface area contributed by atoms with E-state index in [-0.39, 0.29) is 30.1 Å². The van der Waals surface area contributed by atoms with E-state index in [0.29, 0.717) is 18.7 Å². The van der Waals surface area contributed by atoms with Crippen LogP contribution in [0.25, 0.3) is 0 Å². The number of carbonyl (C=O) groups is 2. The molecule has 110 valence electrons. The zero-order valence-electron chi connectivity index (χ0n) is 10.8. The number of nitrogens with one attached hydrogen (secondary N) is 3. The lowest BCUT2D eigenvalue weighted by molar-refractivity contribution is -0.126. The van der Waals surface area contributed by atoms with E-state index in [1.807, 2.05) is 12.1 Å². The molecule has 3 N–H and O–H groups in total. The van der Waals surface area contributed by atoms with Crippen molar-refractivity contribution < 1.29 is 9.59 Å². The molecule has 2 amide bonds. The SMILES string of the molecule is Cl.O=C(NCCNC(=O)C1CNC1)c1ccc(Br)cc1. The highest BCUT2D eigenvalue weighted by molar-refractivity contribution is 9.10. The Morgan fingerprint density at radius 2 is 1.75 bits per heavy atom. The van der Waals surface area contributed by atoms with Crippen LogP contribution < -0.4 is 16.0 Å². The van der Waals surface area contributed by atoms with Gasteiger partial charge in [-0.25, -0.2) is 0 Å². The molecule has 0 spiro atoms. The Morgan fingerprint density at radius 3 is 2.30 bits per heavy atom. The fourth-order valence-electron chi connectivity index (χ4n) is 1.68. The first-order chi connectivity index (χ1) is 9.16. The molecule has 1 heterocycles. The van der Waals surface area contributed by atoms with Gasteiger partial charge in [-0.3, -0.25) is 9.59 Å². The second-order valence-corrected chi connectivity index (χ2v) is 5.32. The van der Waals surface area contributed by atoms with Gasteiger partial charge in [0.1, 0.15) is 0 Å². The van der Waals surface area contributed by atoms with Crippen molar-refractivity contribution >= 4 is 40.2 Å². The molecule has 0 bridgehead atoms. The lowest BCUT2D eigenvalue weighted by Gasteiger charge is -2.25. The maximum atomic E-state index is 11.8. The largest absolute Gasteiger partial charge is 0.354 e. The van der Waals surface area contributed by atoms with Crippen molar-refractivity contribution in [2.75, 3.05) is 26.2 Å². The molecule has 1 aliphatic rings. The number of halogens is 2. The van der Waals surface area contributed by atoms with Gasteiger partial charge in [-0.05, 0) is 24.3 Å². The topological polar surface area (TPSA) is 70.2 Å². The van der Waals surface area contributed by atoms with Gasteiger partial charge in [0, 0.05) is 36.2 Å². The number of hydrogen-bond donors (Lipinski definition) is 3. The van der Waals surface area contributed by atoms with Gasteiger partial charge in [0.15, 0.2) is 0 Å². The summed E-state index contributed by atoms with van der Waals surface area (Å²) < 4.78 is 0.936. The Labute approximate surface area is 132 Å². The monoisotopic (exact) mass is 361 g/mol. The third-order valence-corrected chi connectivity index (χ3v) is 3.50. The number of benzene rings is 1. The fourth-order valence-corrected chi connectivity index (χ4v) is 1.95. The molecule has 1 saturated heterocycles. The van der Waals surface area contributed by atoms with E-state index in [1.54, 1.807) is 12.1 Å². The average Bonchev–Trinajstić information content (AvgIpc) is 2.33. The highest BCUT2D eigenvalue weighted by Crippen LogP contribution is 2.10. The van der Waals surface area contributed by atoms with E-state index in [9.17, 15) is 9.59 Å². The van der Waals surface area contributed by atoms with Crippen LogP contribution in [0.15, 0.2) is 28.7 Å². The van der Waals surface area contributed by atoms with Crippen LogP contribution in [0.3, 0.4) is 0 Å². The Kier molecular flexibility index (Phi) is 6.98. The van der Waals surface area contributed by atoms with Crippen LogP contribution in [0.1, 0.15) is 10.4 Å². The van der Waals surface area contributed by atoms with Gasteiger partial charge in [-0.2, -0.15) is 0 Å². The highest BCUT2D eigenvalue weighted by Gasteiger charge is 2.24. The molecule has 1 aromatic rings. The van der Waals surface area contributed by atoms with Crippen molar-refractivity contribution in [3.63, 3.8) is 0 Å². The van der Waals surface area contributed by atoms with Gasteiger partial charge in [0.05, 0.1) is 5.92 Å². The molecule has 1 aliphatic heterocycles. The molecule has 5 nitrogen and oxygen atoms in total. The van der Waals surface area contributed by atoms with E-state index in [2.05, 4.69) is 31.9 Å². The Morgan fingerprint density at radius 1 is 1.15 bits per heavy atom. The minimum atomic E-state index is -0.132. The van der Waals surface area contributed by atoms with Crippen LogP contribution in [0, 0.1) is 5.92 Å². The smallest absolute Gasteiger partial charge is 0.251 e. The number of carbonyl (C=O) groups excluding carboxylic acids is 2. The van der Waals surface area contributed by atoms with Crippen molar-refractivity contribution in [2.24, 2.45) is 5.92 Å². The molecule has 1 aromatic carbocycles. The second kappa shape index (κ2) is 8.24. The fraction of sp³-hybridized carbons (Fsp3) is 0.385. The second-order valence-electron chi connectivity index (χ2n) is 4.41. The quantitative estimate of drug-likeness (QED) is 0.683. The molecule has 1 fully saturated rings. The Bertz CT molecular complexity index is 463. The summed E-state index contributed by atoms with van der Waals surface area (Å²) in [5.41, 5.74) is 0.609. The first kappa shape index (κ1) is 16.9. The minimum Gasteiger partial charge on any atom is -0.354 e. The summed E-state index contributed by atoms with van der Waals surface area (Å²) in [7, 11) is 0. The van der Waals surface area contributed by atoms with Crippen LogP contribution in [-0.2, 0) is 4.79 Å². The number of amides is 2. The summed E-state index contributed by atoms with van der Waals surface area (Å²) in [6.45, 7) is 2.38. The third-order valence-electron chi connectivity index (χ3n) is 2.97. The lowest BCUT2D eigenvalue weighted by Crippen LogP contribution is -2.51. The molecular weight excluding hydrogens is 346 g/mol. The van der Waals surface area contributed by atoms with Crippen molar-refractivity contribution in [1.82, 2.24) is 16.0 Å². The van der Waals surface area contributed by atoms with Crippen molar-refractivity contribution in [3.8, 4) is 0 Å². The molecule has 0 aromatic heterocycles. The zero-order valence-corrected chi connectivity index (χ0v) is 13.2. The molecule has 0 atom stereocenters. The van der Waals surface area contributed by atoms with Gasteiger partial charge >= 0.3 is 0 Å². The number of hydrogen-bond acceptors (Lipinski definition) is 3. The van der Waals surface area contributed by atoms with Gasteiger partial charge < -0.3 is 16.0 Å². The predicted molar refractivity (Wildman–Crippen MR) is 83.1 cm³/mol. The van der Waals surface area contributed by atoms with Crippen molar-refractivity contribution in [3.05, 3.63) is 34.3 Å². The van der Waals surface area contributed by atoms with Crippen molar-refractivity contribution in [1.29, 1.82) is 0 Å². The van der Waals surface area contributed by atoms with Crippen LogP contribution >= 0.6 is 28.3 Å². The normalized spacial score (nSPS) is 13.8. The molecule has 2 rings (SSSR count). The Balaban J connectivity index is 0.00000200. The third kappa shape index (κ3) is 4.77. The van der Waals surface area contributed by atoms with E-state index in [4.69, 9.17) is 0 Å². The summed E-state index contributed by atoms with van der Waals surface area (Å²) in [6.07, 6.45) is 0. The number of rotatable bonds is 5. The van der Waals surface area contributed by atoms with E-state index < -0.39 is 0 Å². The lowest BCUT2D eigenvalue weighted by atomic mass is 10.0. The standard InChI is InChI=1S/C13H16BrN3O2.ClH/c14-11-3-1-9(2-4-11)12(18)16-5-6-17-13(19)10-7-15-8-10;/h1-4,10,15H,5-8H2,(H,16,18)(H,17,19);1H. The van der Waals surface area contributed by atoms with Crippen LogP contribution in [0.5, 0.6) is 0 Å². The highest BCUT2D eigenvalue weighted by atomic mass is 79.9. The molecular formula is C13H17BrClN3O2. The van der Waals surface area contributed by atoms with Crippen molar-refractivity contribution in [2.45, 2.75) is 0 Å². The van der Waals surface area contributed by atoms with Gasteiger partial charge in [-0.15, -0.1) is 12.4 Å². The molecule has 0 aliphatic carbocycles. The molecule has 0 saturated carbocycles. The van der Waals surface area contributed by atoms with E-state index in [1.165, 1.54) is 0 Å². The summed E-state index contributed by atoms with van der Waals surface area (Å²) in [5.74, 6) is 0.00544. The van der Waals surface area contributed by atoms with E-state index in [0.717, 1.165) is 17.6 Å². The average molecular weight is 363 g/mol. The maximum absolute atomic E-state index is 11.8. The van der Waals surface area contributed by atoms with Gasteiger partial charge in [0.25, 0.3) is 5.91 Å². The molecule has 0 radical (unpaired) electrons. The van der Waals surface area contributed by atoms with Gasteiger partial charge in [-0.1, -0.05) is 15.9 Å². The summed E-state index contributed by atoms with van der Waals surface area (Å²) in [4.78, 5) is 23.3. The summed E-state index contributed by atoms with van der Waals surface area (Å²) in [6, 6.07) is 7.14. The molecule has 7 heteroatoms. The molecule has 20 heavy (non-hydrogen) atoms. The first-order valence-electron chi connectivity index (χ1n) is 6.19. The zero-order chi connectivity index (χ0) is 13.7. The maximum Gasteiger partial charge on any atom is 0.251 e. The predicted octanol–water partition coefficient (Wildman–Crippen LogP) is 0.936. The summed E-state index contributed by atoms with van der Waals surface area (Å²) in [5, 5.41) is 8.61. The van der Waals surface area contributed by atoms with Crippen LogP contribution in [-0.4, -0.2) is 38.0 Å². The summed E-state index contributed by atoms with van der Waals surface area (Å²) >= 11 is 3.32. The van der Waals surface area contributed by atoms with Gasteiger partial charge in [0.2, 0.25) is 5.91 Å². The van der Waals surface area contributed by atoms with Crippen LogP contribution in [0.4, 0.5) is 0 Å². The first-order valence-corrected chi connectivity index (χ1v) is 6.98. The van der Waals surface area contributed by atoms with Crippen LogP contribution in [0.2, 0.25) is 0 Å². The Hall–Kier alpha value is -1.11.